The van der Waals surface area contributed by atoms with Gasteiger partial charge in [0.05, 0.1) is 10.5 Å². The van der Waals surface area contributed by atoms with E-state index in [0.717, 1.165) is 11.6 Å². The number of nitro groups is 1. The molecule has 0 spiro atoms. The Morgan fingerprint density at radius 1 is 1.08 bits per heavy atom. The molecule has 0 bridgehead atoms. The maximum Gasteiger partial charge on any atom is 0.325 e. The number of esters is 1. The van der Waals surface area contributed by atoms with Crippen LogP contribution in [0.3, 0.4) is 0 Å². The number of nitro benzene ring substituents is 1. The van der Waals surface area contributed by atoms with E-state index >= 15 is 0 Å². The van der Waals surface area contributed by atoms with Crippen LogP contribution < -0.4 is 5.32 Å². The molecule has 0 heterocycles. The number of rotatable bonds is 7. The number of hydrogen-bond donors (Lipinski definition) is 1. The first-order valence-corrected chi connectivity index (χ1v) is 7.45. The zero-order valence-corrected chi connectivity index (χ0v) is 13.3. The van der Waals surface area contributed by atoms with Gasteiger partial charge < -0.3 is 10.1 Å². The van der Waals surface area contributed by atoms with E-state index in [1.165, 1.54) is 24.3 Å². The van der Waals surface area contributed by atoms with Crippen LogP contribution in [0.15, 0.2) is 60.7 Å². The molecule has 128 valence electrons. The lowest BCUT2D eigenvalue weighted by Gasteiger charge is -2.05. The summed E-state index contributed by atoms with van der Waals surface area (Å²) in [5, 5.41) is 13.2. The summed E-state index contributed by atoms with van der Waals surface area (Å²) in [6.45, 7) is -0.158. The van der Waals surface area contributed by atoms with Crippen molar-refractivity contribution in [3.05, 3.63) is 81.9 Å². The largest absolute Gasteiger partial charge is 0.460 e. The lowest BCUT2D eigenvalue weighted by molar-refractivity contribution is -0.385. The van der Waals surface area contributed by atoms with Gasteiger partial charge in [-0.05, 0) is 17.7 Å². The van der Waals surface area contributed by atoms with Gasteiger partial charge in [0.15, 0.2) is 0 Å². The summed E-state index contributed by atoms with van der Waals surface area (Å²) in [7, 11) is 0. The van der Waals surface area contributed by atoms with E-state index in [9.17, 15) is 19.7 Å². The minimum absolute atomic E-state index is 0.103. The molecule has 25 heavy (non-hydrogen) atoms. The average Bonchev–Trinajstić information content (AvgIpc) is 2.64. The fraction of sp³-hybridized carbons (Fsp3) is 0.111. The minimum atomic E-state index is -0.573. The Morgan fingerprint density at radius 2 is 1.76 bits per heavy atom. The van der Waals surface area contributed by atoms with Gasteiger partial charge in [-0.15, -0.1) is 0 Å². The first kappa shape index (κ1) is 17.9. The number of para-hydroxylation sites is 1. The van der Waals surface area contributed by atoms with Crippen molar-refractivity contribution < 1.29 is 19.2 Å². The molecule has 0 radical (unpaired) electrons. The summed E-state index contributed by atoms with van der Waals surface area (Å²) in [6, 6.07) is 15.2. The molecule has 1 amide bonds. The predicted molar refractivity (Wildman–Crippen MR) is 91.4 cm³/mol. The van der Waals surface area contributed by atoms with Crippen molar-refractivity contribution >= 4 is 23.6 Å². The molecule has 2 aromatic rings. The van der Waals surface area contributed by atoms with Crippen LogP contribution in [0.2, 0.25) is 0 Å². The SMILES string of the molecule is O=C(/C=C/c1ccccc1[N+](=O)[O-])NCC(=O)OCc1ccccc1. The molecule has 0 fully saturated rings. The highest BCUT2D eigenvalue weighted by atomic mass is 16.6. The number of nitrogens with zero attached hydrogens (tertiary/aromatic N) is 1. The van der Waals surface area contributed by atoms with Gasteiger partial charge in [-0.2, -0.15) is 0 Å². The van der Waals surface area contributed by atoms with Crippen molar-refractivity contribution in [2.24, 2.45) is 0 Å². The number of benzene rings is 2. The summed E-state index contributed by atoms with van der Waals surface area (Å²) in [4.78, 5) is 33.6. The number of amides is 1. The normalized spacial score (nSPS) is 10.4. The molecule has 0 aliphatic rings. The number of carbonyl (C=O) groups excluding carboxylic acids is 2. The van der Waals surface area contributed by atoms with Crippen LogP contribution in [0.4, 0.5) is 5.69 Å². The van der Waals surface area contributed by atoms with E-state index in [0.29, 0.717) is 5.56 Å². The van der Waals surface area contributed by atoms with E-state index < -0.39 is 16.8 Å². The number of ether oxygens (including phenoxy) is 1. The third-order valence-corrected chi connectivity index (χ3v) is 3.20. The van der Waals surface area contributed by atoms with Gasteiger partial charge in [0, 0.05) is 12.1 Å². The predicted octanol–water partition coefficient (Wildman–Crippen LogP) is 2.47. The Kier molecular flexibility index (Phi) is 6.41. The zero-order chi connectivity index (χ0) is 18.1. The van der Waals surface area contributed by atoms with Crippen molar-refractivity contribution in [2.45, 2.75) is 6.61 Å². The quantitative estimate of drug-likeness (QED) is 0.361. The Morgan fingerprint density at radius 3 is 2.48 bits per heavy atom. The first-order valence-electron chi connectivity index (χ1n) is 7.45. The molecule has 0 saturated carbocycles. The van der Waals surface area contributed by atoms with Crippen LogP contribution in [-0.4, -0.2) is 23.3 Å². The molecule has 0 aliphatic carbocycles. The second-order valence-corrected chi connectivity index (χ2v) is 5.01. The minimum Gasteiger partial charge on any atom is -0.460 e. The fourth-order valence-corrected chi connectivity index (χ4v) is 1.97. The number of carbonyl (C=O) groups is 2. The summed E-state index contributed by atoms with van der Waals surface area (Å²) < 4.78 is 5.02. The van der Waals surface area contributed by atoms with Crippen LogP contribution in [0.5, 0.6) is 0 Å². The molecule has 0 aromatic heterocycles. The Labute approximate surface area is 144 Å². The van der Waals surface area contributed by atoms with Gasteiger partial charge in [-0.1, -0.05) is 42.5 Å². The van der Waals surface area contributed by atoms with Crippen molar-refractivity contribution in [3.63, 3.8) is 0 Å². The van der Waals surface area contributed by atoms with E-state index in [1.54, 1.807) is 6.07 Å². The van der Waals surface area contributed by atoms with Gasteiger partial charge >= 0.3 is 5.97 Å². The molecule has 7 heteroatoms. The van der Waals surface area contributed by atoms with E-state index in [1.807, 2.05) is 30.3 Å². The number of hydrogen-bond acceptors (Lipinski definition) is 5. The summed E-state index contributed by atoms with van der Waals surface area (Å²) in [5.41, 5.74) is 1.04. The zero-order valence-electron chi connectivity index (χ0n) is 13.3. The lowest BCUT2D eigenvalue weighted by Crippen LogP contribution is -2.29. The van der Waals surface area contributed by atoms with Crippen molar-refractivity contribution in [3.8, 4) is 0 Å². The van der Waals surface area contributed by atoms with Crippen LogP contribution in [0.25, 0.3) is 6.08 Å². The third kappa shape index (κ3) is 5.91. The molecule has 1 N–H and O–H groups in total. The molecule has 0 unspecified atom stereocenters. The molecule has 2 rings (SSSR count). The molecular weight excluding hydrogens is 324 g/mol. The van der Waals surface area contributed by atoms with Crippen molar-refractivity contribution in [2.75, 3.05) is 6.54 Å². The van der Waals surface area contributed by atoms with E-state index in [4.69, 9.17) is 4.74 Å². The van der Waals surface area contributed by atoms with Gasteiger partial charge in [-0.25, -0.2) is 0 Å². The third-order valence-electron chi connectivity index (χ3n) is 3.20. The van der Waals surface area contributed by atoms with Crippen molar-refractivity contribution in [1.29, 1.82) is 0 Å². The maximum atomic E-state index is 11.7. The van der Waals surface area contributed by atoms with Crippen molar-refractivity contribution in [1.82, 2.24) is 5.32 Å². The average molecular weight is 340 g/mol. The second kappa shape index (κ2) is 8.97. The second-order valence-electron chi connectivity index (χ2n) is 5.01. The molecular formula is C18H16N2O5. The van der Waals surface area contributed by atoms with Crippen LogP contribution in [-0.2, 0) is 20.9 Å². The van der Waals surface area contributed by atoms with Gasteiger partial charge in [0.2, 0.25) is 5.91 Å². The van der Waals surface area contributed by atoms with Crippen LogP contribution >= 0.6 is 0 Å². The Balaban J connectivity index is 1.80. The topological polar surface area (TPSA) is 98.5 Å². The Hall–Kier alpha value is -3.48. The lowest BCUT2D eigenvalue weighted by atomic mass is 10.1. The fourth-order valence-electron chi connectivity index (χ4n) is 1.97. The highest BCUT2D eigenvalue weighted by Gasteiger charge is 2.10. The van der Waals surface area contributed by atoms with E-state index in [2.05, 4.69) is 5.32 Å². The summed E-state index contributed by atoms with van der Waals surface area (Å²) >= 11 is 0. The van der Waals surface area contributed by atoms with Gasteiger partial charge in [-0.3, -0.25) is 19.7 Å². The highest BCUT2D eigenvalue weighted by molar-refractivity contribution is 5.94. The maximum absolute atomic E-state index is 11.7. The monoisotopic (exact) mass is 340 g/mol. The molecule has 0 atom stereocenters. The molecule has 0 saturated heterocycles. The molecule has 0 aliphatic heterocycles. The summed E-state index contributed by atoms with van der Waals surface area (Å²) in [6.07, 6.45) is 2.45. The van der Waals surface area contributed by atoms with Gasteiger partial charge in [0.1, 0.15) is 13.2 Å². The molecule has 7 nitrogen and oxygen atoms in total. The van der Waals surface area contributed by atoms with Crippen LogP contribution in [0, 0.1) is 10.1 Å². The summed E-state index contributed by atoms with van der Waals surface area (Å²) in [5.74, 6) is -1.12. The Bertz CT molecular complexity index is 787. The van der Waals surface area contributed by atoms with Gasteiger partial charge in [0.25, 0.3) is 5.69 Å². The van der Waals surface area contributed by atoms with Crippen LogP contribution in [0.1, 0.15) is 11.1 Å². The first-order chi connectivity index (χ1) is 12.1. The standard InChI is InChI=1S/C18H16N2O5/c21-17(11-10-15-8-4-5-9-16(15)20(23)24)19-12-18(22)25-13-14-6-2-1-3-7-14/h1-11H,12-13H2,(H,19,21)/b11-10+. The molecule has 2 aromatic carbocycles. The smallest absolute Gasteiger partial charge is 0.325 e. The highest BCUT2D eigenvalue weighted by Crippen LogP contribution is 2.18. The number of nitrogens with one attached hydrogen (secondary N) is 1. The van der Waals surface area contributed by atoms with E-state index in [-0.39, 0.29) is 18.8 Å².